The van der Waals surface area contributed by atoms with Crippen molar-refractivity contribution in [3.8, 4) is 0 Å². The Morgan fingerprint density at radius 2 is 0.630 bits per heavy atom. The van der Waals surface area contributed by atoms with E-state index in [1.807, 2.05) is 21.1 Å². The number of phosphoric ester groups is 1. The van der Waals surface area contributed by atoms with Gasteiger partial charge in [0.25, 0.3) is 0 Å². The lowest BCUT2D eigenvalue weighted by Gasteiger charge is -2.24. The molecule has 0 heterocycles. The molecule has 0 spiro atoms. The first-order valence-electron chi connectivity index (χ1n) is 37.9. The van der Waals surface area contributed by atoms with Crippen LogP contribution in [0.4, 0.5) is 0 Å². The van der Waals surface area contributed by atoms with Crippen LogP contribution in [0.15, 0.2) is 134 Å². The number of carbonyl (C=O) groups is 2. The minimum Gasteiger partial charge on any atom is -0.462 e. The Balaban J connectivity index is 4.04. The molecule has 0 rings (SSSR count). The van der Waals surface area contributed by atoms with Crippen molar-refractivity contribution in [3.63, 3.8) is 0 Å². The maximum Gasteiger partial charge on any atom is 0.472 e. The molecule has 528 valence electrons. The summed E-state index contributed by atoms with van der Waals surface area (Å²) in [5.74, 6) is -0.865. The lowest BCUT2D eigenvalue weighted by Crippen LogP contribution is -2.37. The van der Waals surface area contributed by atoms with E-state index in [2.05, 4.69) is 148 Å². The topological polar surface area (TPSA) is 108 Å². The highest BCUT2D eigenvalue weighted by Gasteiger charge is 2.27. The molecule has 2 unspecified atom stereocenters. The molecule has 0 bridgehead atoms. The van der Waals surface area contributed by atoms with E-state index in [0.717, 1.165) is 83.5 Å². The van der Waals surface area contributed by atoms with Crippen molar-refractivity contribution in [3.05, 3.63) is 134 Å². The zero-order chi connectivity index (χ0) is 66.9. The van der Waals surface area contributed by atoms with Crippen LogP contribution >= 0.6 is 7.82 Å². The molecular weight excluding hydrogens is 1160 g/mol. The average Bonchev–Trinajstić information content (AvgIpc) is 2.14. The fourth-order valence-electron chi connectivity index (χ4n) is 10.4. The fourth-order valence-corrected chi connectivity index (χ4v) is 11.1. The molecule has 0 aliphatic heterocycles. The largest absolute Gasteiger partial charge is 0.472 e. The number of unbranched alkanes of at least 4 members (excludes halogenated alkanes) is 33. The molecule has 2 atom stereocenters. The van der Waals surface area contributed by atoms with E-state index in [-0.39, 0.29) is 32.0 Å². The molecule has 0 saturated carbocycles. The predicted molar refractivity (Wildman–Crippen MR) is 399 cm³/mol. The van der Waals surface area contributed by atoms with E-state index < -0.39 is 26.5 Å². The number of rotatable bonds is 69. The first kappa shape index (κ1) is 88.2. The summed E-state index contributed by atoms with van der Waals surface area (Å²) < 4.78 is 34.7. The molecule has 0 amide bonds. The molecule has 0 aromatic rings. The van der Waals surface area contributed by atoms with Gasteiger partial charge in [-0.1, -0.05) is 334 Å². The van der Waals surface area contributed by atoms with Crippen LogP contribution < -0.4 is 0 Å². The number of nitrogens with zero attached hydrogens (tertiary/aromatic N) is 1. The van der Waals surface area contributed by atoms with E-state index in [9.17, 15) is 19.0 Å². The Morgan fingerprint density at radius 1 is 0.348 bits per heavy atom. The van der Waals surface area contributed by atoms with Gasteiger partial charge in [0.1, 0.15) is 19.8 Å². The number of hydrogen-bond acceptors (Lipinski definition) is 7. The highest BCUT2D eigenvalue weighted by atomic mass is 31.2. The SMILES string of the molecule is CC/C=C\C/C=C\C/C=C\C/C=C\C/C=C\C/C=C\C/C=C\C/C=C\C/C=C\CCCC(=O)OC(COC(=O)CCCCCCCCCCCCCCCCCCCCCCCCCCCCC/C=C\C/C=C\CCCCCCC)COP(=O)(O)OCC[N+](C)(C)C. The fraction of sp³-hybridized carbons (Fsp3) is 0.707. The van der Waals surface area contributed by atoms with Gasteiger partial charge in [-0.05, 0) is 109 Å². The van der Waals surface area contributed by atoms with Gasteiger partial charge in [0, 0.05) is 12.8 Å². The molecule has 1 N–H and O–H groups in total. The third kappa shape index (κ3) is 75.2. The molecule has 10 heteroatoms. The second-order valence-corrected chi connectivity index (χ2v) is 27.8. The highest BCUT2D eigenvalue weighted by molar-refractivity contribution is 7.47. The van der Waals surface area contributed by atoms with E-state index in [1.165, 1.54) is 199 Å². The van der Waals surface area contributed by atoms with Crippen LogP contribution in [0, 0.1) is 0 Å². The summed E-state index contributed by atoms with van der Waals surface area (Å²) in [4.78, 5) is 35.9. The third-order valence-electron chi connectivity index (χ3n) is 16.2. The average molecular weight is 1300 g/mol. The Morgan fingerprint density at radius 3 is 0.957 bits per heavy atom. The zero-order valence-corrected chi connectivity index (χ0v) is 61.1. The zero-order valence-electron chi connectivity index (χ0n) is 60.2. The van der Waals surface area contributed by atoms with Gasteiger partial charge in [-0.15, -0.1) is 0 Å². The molecule has 0 saturated heterocycles. The molecule has 0 aromatic carbocycles. The van der Waals surface area contributed by atoms with Crippen LogP contribution in [0.1, 0.15) is 322 Å². The van der Waals surface area contributed by atoms with Gasteiger partial charge in [-0.3, -0.25) is 18.6 Å². The van der Waals surface area contributed by atoms with E-state index in [4.69, 9.17) is 18.5 Å². The van der Waals surface area contributed by atoms with E-state index in [0.29, 0.717) is 23.9 Å². The van der Waals surface area contributed by atoms with Crippen molar-refractivity contribution >= 4 is 19.8 Å². The van der Waals surface area contributed by atoms with Crippen LogP contribution in [0.2, 0.25) is 0 Å². The van der Waals surface area contributed by atoms with Gasteiger partial charge in [-0.2, -0.15) is 0 Å². The maximum atomic E-state index is 12.9. The summed E-state index contributed by atoms with van der Waals surface area (Å²) in [5, 5.41) is 0. The molecule has 92 heavy (non-hydrogen) atoms. The monoisotopic (exact) mass is 1300 g/mol. The normalized spacial score (nSPS) is 13.8. The van der Waals surface area contributed by atoms with Gasteiger partial charge >= 0.3 is 19.8 Å². The third-order valence-corrected chi connectivity index (χ3v) is 17.1. The molecular formula is C82H143NO8P+. The lowest BCUT2D eigenvalue weighted by atomic mass is 10.0. The Bertz CT molecular complexity index is 2020. The molecule has 0 radical (unpaired) electrons. The maximum absolute atomic E-state index is 12.9. The van der Waals surface area contributed by atoms with Crippen LogP contribution in [-0.4, -0.2) is 74.9 Å². The minimum absolute atomic E-state index is 0.0153. The molecule has 9 nitrogen and oxygen atoms in total. The first-order chi connectivity index (χ1) is 45.0. The second kappa shape index (κ2) is 71.4. The van der Waals surface area contributed by atoms with Gasteiger partial charge in [0.2, 0.25) is 0 Å². The number of hydrogen-bond donors (Lipinski definition) is 1. The summed E-state index contributed by atoms with van der Waals surface area (Å²) in [7, 11) is 1.43. The summed E-state index contributed by atoms with van der Waals surface area (Å²) in [5.41, 5.74) is 0. The number of phosphoric acid groups is 1. The van der Waals surface area contributed by atoms with Gasteiger partial charge < -0.3 is 18.9 Å². The number of carbonyl (C=O) groups excluding carboxylic acids is 2. The summed E-state index contributed by atoms with van der Waals surface area (Å²) in [6.45, 7) is 4.26. The van der Waals surface area contributed by atoms with E-state index >= 15 is 0 Å². The van der Waals surface area contributed by atoms with Crippen molar-refractivity contribution in [1.82, 2.24) is 0 Å². The molecule has 0 aromatic heterocycles. The van der Waals surface area contributed by atoms with Crippen molar-refractivity contribution in [2.75, 3.05) is 47.5 Å². The van der Waals surface area contributed by atoms with Crippen molar-refractivity contribution in [2.24, 2.45) is 0 Å². The number of esters is 2. The quantitative estimate of drug-likeness (QED) is 0.0211. The van der Waals surface area contributed by atoms with Crippen LogP contribution in [-0.2, 0) is 32.7 Å². The number of likely N-dealkylation sites (N-methyl/N-ethyl adjacent to an activating group) is 1. The smallest absolute Gasteiger partial charge is 0.462 e. The Hall–Kier alpha value is -3.85. The molecule has 0 aliphatic rings. The van der Waals surface area contributed by atoms with Gasteiger partial charge in [-0.25, -0.2) is 4.57 Å². The van der Waals surface area contributed by atoms with Crippen LogP contribution in [0.3, 0.4) is 0 Å². The van der Waals surface area contributed by atoms with Crippen molar-refractivity contribution < 1.29 is 42.1 Å². The summed E-state index contributed by atoms with van der Waals surface area (Å²) in [6, 6.07) is 0. The van der Waals surface area contributed by atoms with Crippen LogP contribution in [0.5, 0.6) is 0 Å². The van der Waals surface area contributed by atoms with Crippen molar-refractivity contribution in [1.29, 1.82) is 0 Å². The molecule has 0 fully saturated rings. The number of quaternary nitrogens is 1. The minimum atomic E-state index is -4.42. The Labute approximate surface area is 568 Å². The highest BCUT2D eigenvalue weighted by Crippen LogP contribution is 2.43. The summed E-state index contributed by atoms with van der Waals surface area (Å²) >= 11 is 0. The van der Waals surface area contributed by atoms with Crippen molar-refractivity contribution in [2.45, 2.75) is 328 Å². The number of ether oxygens (including phenoxy) is 2. The second-order valence-electron chi connectivity index (χ2n) is 26.3. The first-order valence-corrected chi connectivity index (χ1v) is 39.4. The predicted octanol–water partition coefficient (Wildman–Crippen LogP) is 25.2. The standard InChI is InChI=1S/C82H142NO8P/c1-6-8-10-12-14-16-18-20-22-24-26-28-30-32-34-36-37-38-39-40-41-42-43-44-45-47-48-50-52-54-56-58-60-62-64-66-68-70-72-74-81(84)88-78-80(79-90-92(86,87)89-77-76-83(3,4)5)91-82(85)75-73-71-69-67-65-63-61-59-57-55-53-51-49-46-35-33-31-29-27-25-23-21-19-17-15-13-11-9-7-2/h9,11,15,17-18,20-21,23-24,26-27,29,33,35,49,51,55,57,61,63,67,69,80H,6-8,10,12-14,16,19,22,25,28,30-32,34,36-48,50,52-54,56,58-60,62,64-66,68,70-79H2,1-5H3/p+1/b11-9-,17-15-,20-18-,23-21-,26-24-,29-27-,35-33-,51-49-,57-55-,63-61-,69-67-. The van der Waals surface area contributed by atoms with E-state index in [1.54, 1.807) is 0 Å². The number of allylic oxidation sites excluding steroid dienone is 22. The summed E-state index contributed by atoms with van der Waals surface area (Å²) in [6.07, 6.45) is 105. The van der Waals surface area contributed by atoms with Crippen LogP contribution in [0.25, 0.3) is 0 Å². The Kier molecular flexibility index (Phi) is 68.5. The lowest BCUT2D eigenvalue weighted by molar-refractivity contribution is -0.870. The van der Waals surface area contributed by atoms with Gasteiger partial charge in [0.15, 0.2) is 6.10 Å². The molecule has 0 aliphatic carbocycles. The van der Waals surface area contributed by atoms with Gasteiger partial charge in [0.05, 0.1) is 27.7 Å².